The Morgan fingerprint density at radius 1 is 1.09 bits per heavy atom. The normalized spacial score (nSPS) is 11.6. The van der Waals surface area contributed by atoms with Crippen molar-refractivity contribution in [1.82, 2.24) is 19.9 Å². The molecule has 0 bridgehead atoms. The van der Waals surface area contributed by atoms with Crippen LogP contribution in [0.15, 0.2) is 36.8 Å². The summed E-state index contributed by atoms with van der Waals surface area (Å²) in [7, 11) is 0. The van der Waals surface area contributed by atoms with Gasteiger partial charge in [-0.3, -0.25) is 0 Å². The Bertz CT molecular complexity index is 821. The number of aryl methyl sites for hydroxylation is 1. The number of halogens is 3. The molecular formula is C14H9ClF2N4O. The zero-order valence-electron chi connectivity index (χ0n) is 11.3. The highest BCUT2D eigenvalue weighted by Crippen LogP contribution is 2.32. The van der Waals surface area contributed by atoms with Crippen LogP contribution in [-0.2, 0) is 5.38 Å². The van der Waals surface area contributed by atoms with E-state index in [1.807, 2.05) is 6.92 Å². The van der Waals surface area contributed by atoms with Crippen molar-refractivity contribution in [3.63, 3.8) is 0 Å². The summed E-state index contributed by atoms with van der Waals surface area (Å²) < 4.78 is 31.7. The fourth-order valence-electron chi connectivity index (χ4n) is 1.79. The van der Waals surface area contributed by atoms with E-state index in [1.54, 1.807) is 30.6 Å². The molecule has 0 unspecified atom stereocenters. The first-order valence-electron chi connectivity index (χ1n) is 6.23. The van der Waals surface area contributed by atoms with Crippen LogP contribution in [0.1, 0.15) is 11.4 Å². The second-order valence-electron chi connectivity index (χ2n) is 4.53. The molecule has 22 heavy (non-hydrogen) atoms. The van der Waals surface area contributed by atoms with E-state index in [4.69, 9.17) is 16.3 Å². The van der Waals surface area contributed by atoms with Crippen LogP contribution in [0.25, 0.3) is 10.9 Å². The monoisotopic (exact) mass is 322 g/mol. The molecule has 2 aromatic heterocycles. The van der Waals surface area contributed by atoms with Crippen molar-refractivity contribution in [2.75, 3.05) is 0 Å². The lowest BCUT2D eigenvalue weighted by molar-refractivity contribution is 0.0849. The minimum atomic E-state index is -3.62. The topological polar surface area (TPSA) is 60.8 Å². The molecule has 112 valence electrons. The van der Waals surface area contributed by atoms with Crippen LogP contribution in [0.5, 0.6) is 11.8 Å². The molecule has 0 saturated heterocycles. The van der Waals surface area contributed by atoms with Crippen molar-refractivity contribution < 1.29 is 13.5 Å². The zero-order chi connectivity index (χ0) is 15.7. The van der Waals surface area contributed by atoms with Gasteiger partial charge in [0.1, 0.15) is 5.75 Å². The molecule has 0 N–H and O–H groups in total. The SMILES string of the molecule is Cc1cnc(Oc2cccc3nc(C(F)(F)Cl)ncc23)nc1. The van der Waals surface area contributed by atoms with E-state index in [1.165, 1.54) is 6.20 Å². The second kappa shape index (κ2) is 5.42. The first-order chi connectivity index (χ1) is 10.4. The molecule has 0 aliphatic carbocycles. The number of hydrogen-bond acceptors (Lipinski definition) is 5. The molecule has 0 aliphatic rings. The minimum absolute atomic E-state index is 0.143. The summed E-state index contributed by atoms with van der Waals surface area (Å²) in [4.78, 5) is 15.4. The quantitative estimate of drug-likeness (QED) is 0.686. The highest BCUT2D eigenvalue weighted by atomic mass is 35.5. The van der Waals surface area contributed by atoms with E-state index in [-0.39, 0.29) is 11.5 Å². The van der Waals surface area contributed by atoms with Crippen molar-refractivity contribution in [2.24, 2.45) is 0 Å². The van der Waals surface area contributed by atoms with E-state index < -0.39 is 11.2 Å². The summed E-state index contributed by atoms with van der Waals surface area (Å²) in [5.41, 5.74) is 1.18. The molecular weight excluding hydrogens is 314 g/mol. The number of rotatable bonds is 3. The van der Waals surface area contributed by atoms with E-state index in [9.17, 15) is 8.78 Å². The third-order valence-electron chi connectivity index (χ3n) is 2.80. The van der Waals surface area contributed by atoms with Gasteiger partial charge in [-0.15, -0.1) is 0 Å². The van der Waals surface area contributed by atoms with E-state index in [2.05, 4.69) is 19.9 Å². The average molecular weight is 323 g/mol. The van der Waals surface area contributed by atoms with Crippen LogP contribution < -0.4 is 4.74 Å². The molecule has 0 radical (unpaired) electrons. The van der Waals surface area contributed by atoms with Crippen molar-refractivity contribution >= 4 is 22.5 Å². The lowest BCUT2D eigenvalue weighted by Crippen LogP contribution is -2.09. The lowest BCUT2D eigenvalue weighted by Gasteiger charge is -2.09. The molecule has 0 fully saturated rings. The smallest absolute Gasteiger partial charge is 0.381 e. The van der Waals surface area contributed by atoms with Gasteiger partial charge in [0.05, 0.1) is 10.9 Å². The van der Waals surface area contributed by atoms with Gasteiger partial charge in [-0.2, -0.15) is 8.78 Å². The lowest BCUT2D eigenvalue weighted by atomic mass is 10.2. The van der Waals surface area contributed by atoms with Crippen molar-refractivity contribution in [2.45, 2.75) is 12.3 Å². The first kappa shape index (κ1) is 14.5. The van der Waals surface area contributed by atoms with E-state index in [0.29, 0.717) is 11.1 Å². The number of aromatic nitrogens is 4. The average Bonchev–Trinajstić information content (AvgIpc) is 2.48. The molecule has 0 amide bonds. The van der Waals surface area contributed by atoms with Crippen molar-refractivity contribution in [3.05, 3.63) is 48.2 Å². The molecule has 0 saturated carbocycles. The maximum Gasteiger partial charge on any atom is 0.381 e. The predicted molar refractivity (Wildman–Crippen MR) is 76.1 cm³/mol. The molecule has 2 heterocycles. The van der Waals surface area contributed by atoms with Gasteiger partial charge in [-0.25, -0.2) is 19.9 Å². The Morgan fingerprint density at radius 3 is 2.50 bits per heavy atom. The fraction of sp³-hybridized carbons (Fsp3) is 0.143. The van der Waals surface area contributed by atoms with Gasteiger partial charge < -0.3 is 4.74 Å². The van der Waals surface area contributed by atoms with Gasteiger partial charge in [0, 0.05) is 18.6 Å². The predicted octanol–water partition coefficient (Wildman–Crippen LogP) is 3.81. The number of hydrogen-bond donors (Lipinski definition) is 0. The highest BCUT2D eigenvalue weighted by molar-refractivity contribution is 6.21. The zero-order valence-corrected chi connectivity index (χ0v) is 12.1. The van der Waals surface area contributed by atoms with Gasteiger partial charge >= 0.3 is 11.4 Å². The van der Waals surface area contributed by atoms with Crippen LogP contribution in [-0.4, -0.2) is 19.9 Å². The molecule has 0 atom stereocenters. The van der Waals surface area contributed by atoms with Crippen LogP contribution in [0.2, 0.25) is 0 Å². The summed E-state index contributed by atoms with van der Waals surface area (Å²) in [6.45, 7) is 1.85. The Kier molecular flexibility index (Phi) is 3.58. The summed E-state index contributed by atoms with van der Waals surface area (Å²) in [5.74, 6) is -0.392. The number of benzene rings is 1. The standard InChI is InChI=1S/C14H9ClF2N4O/c1-8-5-19-13(20-6-8)22-11-4-2-3-10-9(11)7-18-12(21-10)14(15,16)17/h2-7H,1H3. The molecule has 8 heteroatoms. The molecule has 3 rings (SSSR count). The maximum atomic E-state index is 13.1. The van der Waals surface area contributed by atoms with Crippen LogP contribution in [0, 0.1) is 6.92 Å². The fourth-order valence-corrected chi connectivity index (χ4v) is 1.88. The number of ether oxygens (including phenoxy) is 1. The number of alkyl halides is 3. The van der Waals surface area contributed by atoms with Gasteiger partial charge in [-0.1, -0.05) is 6.07 Å². The number of nitrogens with zero attached hydrogens (tertiary/aromatic N) is 4. The molecule has 0 spiro atoms. The third kappa shape index (κ3) is 2.94. The highest BCUT2D eigenvalue weighted by Gasteiger charge is 2.32. The van der Waals surface area contributed by atoms with Gasteiger partial charge in [0.25, 0.3) is 0 Å². The molecule has 3 aromatic rings. The Balaban J connectivity index is 2.02. The number of fused-ring (bicyclic) bond motifs is 1. The van der Waals surface area contributed by atoms with Crippen LogP contribution >= 0.6 is 11.6 Å². The van der Waals surface area contributed by atoms with Crippen molar-refractivity contribution in [1.29, 1.82) is 0 Å². The summed E-state index contributed by atoms with van der Waals surface area (Å²) in [6, 6.07) is 4.97. The van der Waals surface area contributed by atoms with Crippen molar-refractivity contribution in [3.8, 4) is 11.8 Å². The van der Waals surface area contributed by atoms with E-state index in [0.717, 1.165) is 5.56 Å². The minimum Gasteiger partial charge on any atom is -0.424 e. The molecule has 5 nitrogen and oxygen atoms in total. The largest absolute Gasteiger partial charge is 0.424 e. The van der Waals surface area contributed by atoms with E-state index >= 15 is 0 Å². The van der Waals surface area contributed by atoms with Gasteiger partial charge in [-0.05, 0) is 36.2 Å². The van der Waals surface area contributed by atoms with Gasteiger partial charge in [0.2, 0.25) is 5.82 Å². The van der Waals surface area contributed by atoms with Gasteiger partial charge in [0.15, 0.2) is 0 Å². The second-order valence-corrected chi connectivity index (χ2v) is 5.00. The summed E-state index contributed by atoms with van der Waals surface area (Å²) in [5, 5.41) is -3.16. The first-order valence-corrected chi connectivity index (χ1v) is 6.61. The molecule has 1 aromatic carbocycles. The summed E-state index contributed by atoms with van der Waals surface area (Å²) in [6.07, 6.45) is 4.45. The Morgan fingerprint density at radius 2 is 1.82 bits per heavy atom. The summed E-state index contributed by atoms with van der Waals surface area (Å²) >= 11 is 4.93. The van der Waals surface area contributed by atoms with Crippen LogP contribution in [0.4, 0.5) is 8.78 Å². The Hall–Kier alpha value is -2.41. The molecule has 0 aliphatic heterocycles. The van der Waals surface area contributed by atoms with Crippen LogP contribution in [0.3, 0.4) is 0 Å². The Labute approximate surface area is 129 Å². The maximum absolute atomic E-state index is 13.1. The third-order valence-corrected chi connectivity index (χ3v) is 2.97.